The third-order valence-corrected chi connectivity index (χ3v) is 21.7. The molecule has 5 aliphatic carbocycles. The summed E-state index contributed by atoms with van der Waals surface area (Å²) in [5, 5.41) is 55.1. The molecule has 0 bridgehead atoms. The molecule has 448 valence electrons. The van der Waals surface area contributed by atoms with Gasteiger partial charge in [-0.1, -0.05) is 26.8 Å². The van der Waals surface area contributed by atoms with Crippen LogP contribution in [0.3, 0.4) is 0 Å². The number of rotatable bonds is 6. The SMILES string of the molecule is CC(=O)O[C@H]1C2C([C@@H](O)[C@H](NC(=O)c3ccc4c(c3)C(=O)OC43c4ccc(OC(=O)C(C)(C)C)cc4Oc4cc(OC(=O)C(C)(C)C)ccc43)[C@H]3C[C@@H]4O[C@@H]4[C@H](O)[C@]23C)[C@@H]2[C@@H](O)[C@@H]3[C@H]([C@H](C)[C@H]4O[C@]45OC(=O)[C@@](C)(O)[C@]35C)[C@@]2(C)[C@H]1OC(C)=O. The number of aliphatic hydroxyl groups excluding tert-OH is 3. The number of esters is 6. The molecular formula is C63H71NO20. The second-order valence-corrected chi connectivity index (χ2v) is 28.2. The van der Waals surface area contributed by atoms with Crippen molar-refractivity contribution in [3.8, 4) is 23.0 Å². The molecule has 1 amide bonds. The standard InChI is InChI=1S/C63H71NO20/c1-24-39-42(60(12)61(13,75)55(74)84-63(60)49(24)82-63)45(68)40-38-41(47(76-25(2)65)50(59(39,40)11)77-26(3)66)58(10)34(23-37-46(81-37)48(58)69)43(44(38)67)64-51(70)27-14-17-31-30(20-27)52(71)83-62(31)32-18-15-28(78-53(72)56(4,5)6)21-35(32)80-36-22-29(16-19-33(36)62)79-54(73)57(7,8)9/h14-22,24,34,37-50,67-69,75H,23H2,1-13H3,(H,64,70)/t24-,34+,37-,38?,39-,40+,41?,42-,43+,44+,45+,46-,47-,48-,49+,50-,58-,59+,60-,61+,63-/m0/s1. The van der Waals surface area contributed by atoms with Crippen molar-refractivity contribution < 1.29 is 96.6 Å². The first kappa shape index (κ1) is 56.6. The fourth-order valence-corrected chi connectivity index (χ4v) is 17.7. The molecule has 84 heavy (non-hydrogen) atoms. The molecular weight excluding hydrogens is 1090 g/mol. The van der Waals surface area contributed by atoms with E-state index in [1.54, 1.807) is 92.6 Å². The molecule has 5 aliphatic heterocycles. The zero-order valence-corrected chi connectivity index (χ0v) is 49.0. The molecule has 21 heteroatoms. The largest absolute Gasteiger partial charge is 0.458 e. The fraction of sp³-hybridized carbons (Fsp3) is 0.603. The van der Waals surface area contributed by atoms with Gasteiger partial charge in [0.1, 0.15) is 47.4 Å². The number of benzene rings is 3. The van der Waals surface area contributed by atoms with Crippen molar-refractivity contribution in [3.05, 3.63) is 82.4 Å². The molecule has 0 aromatic heterocycles. The first-order chi connectivity index (χ1) is 39.1. The topological polar surface area (TPSA) is 302 Å². The second kappa shape index (κ2) is 17.6. The van der Waals surface area contributed by atoms with Crippen LogP contribution < -0.4 is 19.5 Å². The zero-order chi connectivity index (χ0) is 60.6. The average molecular weight is 1160 g/mol. The van der Waals surface area contributed by atoms with Crippen LogP contribution in [0.15, 0.2) is 54.6 Å². The number of carbonyl (C=O) groups excluding carboxylic acids is 7. The Balaban J connectivity index is 0.909. The summed E-state index contributed by atoms with van der Waals surface area (Å²) in [6.45, 7) is 21.1. The van der Waals surface area contributed by atoms with Crippen LogP contribution >= 0.6 is 0 Å². The molecule has 2 unspecified atom stereocenters. The van der Waals surface area contributed by atoms with E-state index in [-0.39, 0.29) is 40.5 Å². The van der Waals surface area contributed by atoms with Gasteiger partial charge in [0.15, 0.2) is 11.2 Å². The predicted octanol–water partition coefficient (Wildman–Crippen LogP) is 5.18. The Bertz CT molecular complexity index is 3370. The highest BCUT2D eigenvalue weighted by Gasteiger charge is 2.93. The van der Waals surface area contributed by atoms with Crippen LogP contribution in [0.1, 0.15) is 134 Å². The molecule has 10 aliphatic rings. The monoisotopic (exact) mass is 1160 g/mol. The summed E-state index contributed by atoms with van der Waals surface area (Å²) >= 11 is 0. The number of fused-ring (bicyclic) bond motifs is 15. The molecule has 3 aromatic rings. The van der Waals surface area contributed by atoms with Crippen molar-refractivity contribution in [1.82, 2.24) is 5.32 Å². The smallest absolute Gasteiger partial charge is 0.341 e. The van der Waals surface area contributed by atoms with Crippen molar-refractivity contribution in [3.63, 3.8) is 0 Å². The highest BCUT2D eigenvalue weighted by molar-refractivity contribution is 6.02. The van der Waals surface area contributed by atoms with E-state index in [1.165, 1.54) is 45.0 Å². The quantitative estimate of drug-likeness (QED) is 0.0919. The van der Waals surface area contributed by atoms with Crippen LogP contribution in [0.4, 0.5) is 0 Å². The van der Waals surface area contributed by atoms with Crippen LogP contribution in [0, 0.1) is 68.5 Å². The van der Waals surface area contributed by atoms with Gasteiger partial charge in [-0.2, -0.15) is 0 Å². The first-order valence-corrected chi connectivity index (χ1v) is 28.9. The lowest BCUT2D eigenvalue weighted by Crippen LogP contribution is -2.76. The van der Waals surface area contributed by atoms with Crippen LogP contribution in [-0.4, -0.2) is 128 Å². The lowest BCUT2D eigenvalue weighted by atomic mass is 9.40. The van der Waals surface area contributed by atoms with Crippen molar-refractivity contribution in [2.45, 2.75) is 168 Å². The molecule has 8 fully saturated rings. The molecule has 5 N–H and O–H groups in total. The van der Waals surface area contributed by atoms with E-state index < -0.39 is 182 Å². The van der Waals surface area contributed by atoms with E-state index >= 15 is 4.79 Å². The molecule has 3 saturated heterocycles. The number of amides is 1. The summed E-state index contributed by atoms with van der Waals surface area (Å²) in [6.07, 6.45) is -8.88. The highest BCUT2D eigenvalue weighted by atomic mass is 16.8. The Hall–Kier alpha value is -6.49. The number of ether oxygens (including phenoxy) is 9. The highest BCUT2D eigenvalue weighted by Crippen LogP contribution is 2.81. The number of hydrogen-bond donors (Lipinski definition) is 5. The van der Waals surface area contributed by atoms with Crippen LogP contribution in [0.5, 0.6) is 23.0 Å². The summed E-state index contributed by atoms with van der Waals surface area (Å²) < 4.78 is 55.5. The minimum atomic E-state index is -2.21. The van der Waals surface area contributed by atoms with Gasteiger partial charge in [-0.3, -0.25) is 24.0 Å². The number of epoxide rings is 2. The first-order valence-electron chi connectivity index (χ1n) is 28.9. The maximum atomic E-state index is 15.3. The molecule has 21 nitrogen and oxygen atoms in total. The molecule has 21 atom stereocenters. The number of aliphatic hydroxyl groups is 4. The molecule has 0 radical (unpaired) electrons. The van der Waals surface area contributed by atoms with Crippen LogP contribution in [0.2, 0.25) is 0 Å². The number of hydrogen-bond acceptors (Lipinski definition) is 20. The summed E-state index contributed by atoms with van der Waals surface area (Å²) in [5.41, 5.74) is -9.17. The van der Waals surface area contributed by atoms with Crippen LogP contribution in [-0.2, 0) is 58.0 Å². The van der Waals surface area contributed by atoms with Crippen molar-refractivity contribution in [2.75, 3.05) is 0 Å². The molecule has 5 heterocycles. The minimum Gasteiger partial charge on any atom is -0.458 e. The van der Waals surface area contributed by atoms with E-state index in [4.69, 9.17) is 42.6 Å². The van der Waals surface area contributed by atoms with Crippen molar-refractivity contribution in [2.24, 2.45) is 68.5 Å². The molecule has 3 aromatic carbocycles. The van der Waals surface area contributed by atoms with Gasteiger partial charge in [0, 0.05) is 76.8 Å². The Kier molecular flexibility index (Phi) is 11.9. The predicted molar refractivity (Wildman–Crippen MR) is 287 cm³/mol. The van der Waals surface area contributed by atoms with Gasteiger partial charge >= 0.3 is 35.8 Å². The Labute approximate surface area is 484 Å². The lowest BCUT2D eigenvalue weighted by Gasteiger charge is -2.67. The van der Waals surface area contributed by atoms with Gasteiger partial charge in [0.05, 0.1) is 52.3 Å². The third kappa shape index (κ3) is 7.19. The average Bonchev–Trinajstić information content (AvgIpc) is 1.49. The number of carbonyl (C=O) groups is 7. The van der Waals surface area contributed by atoms with Gasteiger partial charge in [-0.05, 0) is 122 Å². The van der Waals surface area contributed by atoms with E-state index in [9.17, 15) is 49.2 Å². The van der Waals surface area contributed by atoms with E-state index in [2.05, 4.69) is 5.32 Å². The summed E-state index contributed by atoms with van der Waals surface area (Å²) in [6, 6.07) is 12.6. The Morgan fingerprint density at radius 3 is 1.86 bits per heavy atom. The fourth-order valence-electron chi connectivity index (χ4n) is 17.7. The third-order valence-electron chi connectivity index (χ3n) is 21.7. The van der Waals surface area contributed by atoms with Gasteiger partial charge < -0.3 is 68.4 Å². The van der Waals surface area contributed by atoms with E-state index in [0.717, 1.165) is 0 Å². The van der Waals surface area contributed by atoms with E-state index in [1.807, 2.05) is 6.92 Å². The lowest BCUT2D eigenvalue weighted by molar-refractivity contribution is -0.284. The minimum absolute atomic E-state index is 0.00234. The van der Waals surface area contributed by atoms with Crippen LogP contribution in [0.25, 0.3) is 0 Å². The van der Waals surface area contributed by atoms with Gasteiger partial charge in [0.25, 0.3) is 5.91 Å². The zero-order valence-electron chi connectivity index (χ0n) is 49.0. The van der Waals surface area contributed by atoms with Gasteiger partial charge in [-0.15, -0.1) is 0 Å². The van der Waals surface area contributed by atoms with E-state index in [0.29, 0.717) is 16.7 Å². The van der Waals surface area contributed by atoms with Crippen molar-refractivity contribution in [1.29, 1.82) is 0 Å². The maximum absolute atomic E-state index is 15.3. The summed E-state index contributed by atoms with van der Waals surface area (Å²) in [5.74, 6) is -12.6. The normalized spacial score (nSPS) is 41.7. The summed E-state index contributed by atoms with van der Waals surface area (Å²) in [4.78, 5) is 96.9. The molecule has 13 rings (SSSR count). The molecule has 2 spiro atoms. The Morgan fingerprint density at radius 1 is 0.702 bits per heavy atom. The molecule has 5 saturated carbocycles. The van der Waals surface area contributed by atoms with Gasteiger partial charge in [-0.25, -0.2) is 9.59 Å². The summed E-state index contributed by atoms with van der Waals surface area (Å²) in [7, 11) is 0. The Morgan fingerprint density at radius 2 is 1.29 bits per heavy atom. The maximum Gasteiger partial charge on any atom is 0.341 e. The van der Waals surface area contributed by atoms with Crippen molar-refractivity contribution >= 4 is 41.7 Å². The number of nitrogens with one attached hydrogen (secondary N) is 1. The second-order valence-electron chi connectivity index (χ2n) is 28.2. The van der Waals surface area contributed by atoms with Gasteiger partial charge in [0.2, 0.25) is 5.79 Å².